The van der Waals surface area contributed by atoms with Gasteiger partial charge in [0.25, 0.3) is 0 Å². The van der Waals surface area contributed by atoms with Crippen molar-refractivity contribution in [3.8, 4) is 0 Å². The van der Waals surface area contributed by atoms with Crippen LogP contribution in [0, 0.1) is 11.8 Å². The van der Waals surface area contributed by atoms with E-state index in [1.54, 1.807) is 0 Å². The molecule has 0 saturated carbocycles. The van der Waals surface area contributed by atoms with Crippen LogP contribution < -0.4 is 0 Å². The lowest BCUT2D eigenvalue weighted by Crippen LogP contribution is -2.53. The zero-order chi connectivity index (χ0) is 9.35. The van der Waals surface area contributed by atoms with Gasteiger partial charge in [-0.1, -0.05) is 13.8 Å². The highest BCUT2D eigenvalue weighted by atomic mass is 16.3. The lowest BCUT2D eigenvalue weighted by molar-refractivity contribution is -0.0183. The van der Waals surface area contributed by atoms with E-state index in [1.807, 2.05) is 13.8 Å². The van der Waals surface area contributed by atoms with E-state index >= 15 is 0 Å². The van der Waals surface area contributed by atoms with Crippen molar-refractivity contribution in [1.29, 1.82) is 0 Å². The molecule has 72 valence electrons. The monoisotopic (exact) mass is 171 g/mol. The highest BCUT2D eigenvalue weighted by Crippen LogP contribution is 2.24. The summed E-state index contributed by atoms with van der Waals surface area (Å²) in [5, 5.41) is 9.54. The molecule has 0 spiro atoms. The summed E-state index contributed by atoms with van der Waals surface area (Å²) < 4.78 is 0. The second-order valence-corrected chi connectivity index (χ2v) is 5.01. The van der Waals surface area contributed by atoms with Crippen LogP contribution in [0.2, 0.25) is 0 Å². The predicted molar refractivity (Wildman–Crippen MR) is 51.1 cm³/mol. The number of nitrogens with zero attached hydrogens (tertiary/aromatic N) is 1. The van der Waals surface area contributed by atoms with Gasteiger partial charge in [-0.2, -0.15) is 0 Å². The quantitative estimate of drug-likeness (QED) is 0.693. The van der Waals surface area contributed by atoms with E-state index in [1.165, 1.54) is 13.1 Å². The maximum absolute atomic E-state index is 9.54. The van der Waals surface area contributed by atoms with Gasteiger partial charge in [-0.15, -0.1) is 0 Å². The average Bonchev–Trinajstić information content (AvgIpc) is 1.74. The summed E-state index contributed by atoms with van der Waals surface area (Å²) in [6, 6.07) is 0. The molecule has 1 heterocycles. The Morgan fingerprint density at radius 1 is 1.42 bits per heavy atom. The first-order valence-electron chi connectivity index (χ1n) is 4.83. The Bertz CT molecular complexity index is 142. The normalized spacial score (nSPS) is 21.5. The van der Waals surface area contributed by atoms with Gasteiger partial charge in [0.05, 0.1) is 5.60 Å². The summed E-state index contributed by atoms with van der Waals surface area (Å²) in [5.74, 6) is 1.65. The van der Waals surface area contributed by atoms with Crippen LogP contribution in [0.4, 0.5) is 0 Å². The predicted octanol–water partition coefficient (Wildman–Crippen LogP) is 1.35. The molecule has 0 atom stereocenters. The summed E-state index contributed by atoms with van der Waals surface area (Å²) in [6.45, 7) is 11.4. The molecule has 2 heteroatoms. The highest BCUT2D eigenvalue weighted by Gasteiger charge is 2.31. The van der Waals surface area contributed by atoms with Gasteiger partial charge >= 0.3 is 0 Å². The minimum Gasteiger partial charge on any atom is -0.389 e. The van der Waals surface area contributed by atoms with Crippen LogP contribution in [0.1, 0.15) is 27.7 Å². The van der Waals surface area contributed by atoms with E-state index in [0.29, 0.717) is 0 Å². The third kappa shape index (κ3) is 2.76. The highest BCUT2D eigenvalue weighted by molar-refractivity contribution is 4.85. The first-order chi connectivity index (χ1) is 5.38. The van der Waals surface area contributed by atoms with E-state index in [9.17, 15) is 5.11 Å². The van der Waals surface area contributed by atoms with Crippen LogP contribution in [0.5, 0.6) is 0 Å². The number of likely N-dealkylation sites (tertiary alicyclic amines) is 1. The maximum Gasteiger partial charge on any atom is 0.0718 e. The van der Waals surface area contributed by atoms with Gasteiger partial charge in [0, 0.05) is 19.6 Å². The first-order valence-corrected chi connectivity index (χ1v) is 4.83. The zero-order valence-corrected chi connectivity index (χ0v) is 8.67. The van der Waals surface area contributed by atoms with Crippen molar-refractivity contribution in [3.63, 3.8) is 0 Å². The summed E-state index contributed by atoms with van der Waals surface area (Å²) >= 11 is 0. The van der Waals surface area contributed by atoms with Crippen LogP contribution in [0.25, 0.3) is 0 Å². The van der Waals surface area contributed by atoms with Crippen LogP contribution >= 0.6 is 0 Å². The molecule has 1 aliphatic heterocycles. The molecular formula is C10H21NO. The number of hydrogen-bond acceptors (Lipinski definition) is 2. The van der Waals surface area contributed by atoms with E-state index in [2.05, 4.69) is 18.7 Å². The van der Waals surface area contributed by atoms with Gasteiger partial charge in [-0.25, -0.2) is 0 Å². The Kier molecular flexibility index (Phi) is 2.79. The number of β-amino-alcohol motifs (C(OH)–C–C–N with tert-alkyl or cyclic N) is 1. The molecule has 0 unspecified atom stereocenters. The molecule has 0 radical (unpaired) electrons. The topological polar surface area (TPSA) is 23.5 Å². The number of hydrogen-bond donors (Lipinski definition) is 1. The molecule has 0 amide bonds. The summed E-state index contributed by atoms with van der Waals surface area (Å²) in [5.41, 5.74) is -0.526. The summed E-state index contributed by atoms with van der Waals surface area (Å²) in [6.07, 6.45) is 0. The molecule has 1 N–H and O–H groups in total. The van der Waals surface area contributed by atoms with Crippen molar-refractivity contribution in [1.82, 2.24) is 4.90 Å². The Hall–Kier alpha value is -0.0800. The maximum atomic E-state index is 9.54. The van der Waals surface area contributed by atoms with Crippen LogP contribution in [0.15, 0.2) is 0 Å². The third-order valence-corrected chi connectivity index (χ3v) is 2.54. The van der Waals surface area contributed by atoms with Crippen molar-refractivity contribution in [3.05, 3.63) is 0 Å². The summed E-state index contributed by atoms with van der Waals surface area (Å²) in [4.78, 5) is 2.32. The molecule has 0 aliphatic carbocycles. The Morgan fingerprint density at radius 3 is 2.25 bits per heavy atom. The molecule has 0 aromatic heterocycles. The van der Waals surface area contributed by atoms with Gasteiger partial charge < -0.3 is 5.11 Å². The van der Waals surface area contributed by atoms with Gasteiger partial charge in [-0.3, -0.25) is 4.90 Å². The van der Waals surface area contributed by atoms with Gasteiger partial charge in [0.1, 0.15) is 0 Å². The Balaban J connectivity index is 2.18. The third-order valence-electron chi connectivity index (χ3n) is 2.54. The minimum absolute atomic E-state index is 0.526. The molecule has 1 rings (SSSR count). The van der Waals surface area contributed by atoms with Crippen molar-refractivity contribution < 1.29 is 5.11 Å². The SMILES string of the molecule is CC(C)C1CN(CC(C)(C)O)C1. The lowest BCUT2D eigenvalue weighted by Gasteiger charge is -2.44. The Labute approximate surface area is 75.6 Å². The second kappa shape index (κ2) is 3.35. The van der Waals surface area contributed by atoms with E-state index in [0.717, 1.165) is 18.4 Å². The molecule has 12 heavy (non-hydrogen) atoms. The molecular weight excluding hydrogens is 150 g/mol. The average molecular weight is 171 g/mol. The zero-order valence-electron chi connectivity index (χ0n) is 8.67. The van der Waals surface area contributed by atoms with Crippen molar-refractivity contribution >= 4 is 0 Å². The van der Waals surface area contributed by atoms with Gasteiger partial charge in [0.2, 0.25) is 0 Å². The summed E-state index contributed by atoms with van der Waals surface area (Å²) in [7, 11) is 0. The fourth-order valence-corrected chi connectivity index (χ4v) is 1.71. The van der Waals surface area contributed by atoms with Crippen molar-refractivity contribution in [2.45, 2.75) is 33.3 Å². The smallest absolute Gasteiger partial charge is 0.0718 e. The largest absolute Gasteiger partial charge is 0.389 e. The second-order valence-electron chi connectivity index (χ2n) is 5.01. The molecule has 0 aromatic carbocycles. The standard InChI is InChI=1S/C10H21NO/c1-8(2)9-5-11(6-9)7-10(3,4)12/h8-9,12H,5-7H2,1-4H3. The fourth-order valence-electron chi connectivity index (χ4n) is 1.71. The fraction of sp³-hybridized carbons (Fsp3) is 1.00. The van der Waals surface area contributed by atoms with Crippen LogP contribution in [-0.4, -0.2) is 35.2 Å². The molecule has 1 saturated heterocycles. The molecule has 1 aliphatic rings. The molecule has 1 fully saturated rings. The van der Waals surface area contributed by atoms with Crippen LogP contribution in [0.3, 0.4) is 0 Å². The molecule has 0 aromatic rings. The van der Waals surface area contributed by atoms with Crippen molar-refractivity contribution in [2.75, 3.05) is 19.6 Å². The Morgan fingerprint density at radius 2 is 1.92 bits per heavy atom. The first kappa shape index (κ1) is 10.0. The minimum atomic E-state index is -0.526. The van der Waals surface area contributed by atoms with Gasteiger partial charge in [-0.05, 0) is 25.7 Å². The van der Waals surface area contributed by atoms with E-state index in [-0.39, 0.29) is 0 Å². The van der Waals surface area contributed by atoms with E-state index in [4.69, 9.17) is 0 Å². The van der Waals surface area contributed by atoms with E-state index < -0.39 is 5.60 Å². The van der Waals surface area contributed by atoms with Crippen LogP contribution in [-0.2, 0) is 0 Å². The van der Waals surface area contributed by atoms with Crippen molar-refractivity contribution in [2.24, 2.45) is 11.8 Å². The molecule has 0 bridgehead atoms. The number of aliphatic hydroxyl groups is 1. The molecule has 2 nitrogen and oxygen atoms in total. The lowest BCUT2D eigenvalue weighted by atomic mass is 9.87. The van der Waals surface area contributed by atoms with Gasteiger partial charge in [0.15, 0.2) is 0 Å². The number of rotatable bonds is 3.